The van der Waals surface area contributed by atoms with Gasteiger partial charge in [0.05, 0.1) is 12.9 Å². The molecule has 8 heteroatoms. The highest BCUT2D eigenvalue weighted by Crippen LogP contribution is 2.37. The smallest absolute Gasteiger partial charge is 0.264 e. The molecule has 0 spiro atoms. The molecular weight excluding hydrogens is 577 g/mol. The van der Waals surface area contributed by atoms with Gasteiger partial charge in [0.25, 0.3) is 18.4 Å². The number of hydrogen-bond acceptors (Lipinski definition) is 6. The minimum Gasteiger partial charge on any atom is -0.405 e. The normalized spacial score (nSPS) is 15.0. The van der Waals surface area contributed by atoms with Crippen molar-refractivity contribution in [1.29, 1.82) is 0 Å². The molecule has 0 aromatic heterocycles. The van der Waals surface area contributed by atoms with Crippen LogP contribution in [-0.4, -0.2) is 58.1 Å². The van der Waals surface area contributed by atoms with E-state index >= 15 is 0 Å². The summed E-state index contributed by atoms with van der Waals surface area (Å²) in [5.74, 6) is 0. The summed E-state index contributed by atoms with van der Waals surface area (Å²) in [4.78, 5) is 0. The van der Waals surface area contributed by atoms with E-state index in [4.69, 9.17) is 8.61 Å². The third-order valence-electron chi connectivity index (χ3n) is 7.97. The van der Waals surface area contributed by atoms with Crippen LogP contribution in [0, 0.1) is 0 Å². The highest BCUT2D eigenvalue weighted by molar-refractivity contribution is 7.86. The van der Waals surface area contributed by atoms with E-state index in [0.717, 1.165) is 35.9 Å². The van der Waals surface area contributed by atoms with Crippen molar-refractivity contribution < 1.29 is 27.2 Å². The van der Waals surface area contributed by atoms with Gasteiger partial charge in [0.1, 0.15) is 18.3 Å². The lowest BCUT2D eigenvalue weighted by molar-refractivity contribution is -0.0441. The fourth-order valence-electron chi connectivity index (χ4n) is 5.70. The highest BCUT2D eigenvalue weighted by atomic mass is 32.2. The Bertz CT molecular complexity index is 1110. The van der Waals surface area contributed by atoms with Gasteiger partial charge >= 0.3 is 0 Å². The summed E-state index contributed by atoms with van der Waals surface area (Å²) in [6.07, 6.45) is 13.6. The van der Waals surface area contributed by atoms with Crippen molar-refractivity contribution in [1.82, 2.24) is 0 Å². The highest BCUT2D eigenvalue weighted by Gasteiger charge is 2.51. The first-order valence-corrected chi connectivity index (χ1v) is 19.8. The number of hydrogen-bond donors (Lipinski definition) is 2. The molecule has 2 aromatic rings. The van der Waals surface area contributed by atoms with Gasteiger partial charge in [0.15, 0.2) is 0 Å². The lowest BCUT2D eigenvalue weighted by Gasteiger charge is -2.44. The van der Waals surface area contributed by atoms with Crippen LogP contribution in [0.3, 0.4) is 0 Å². The van der Waals surface area contributed by atoms with Gasteiger partial charge in [-0.05, 0) is 28.3 Å². The van der Waals surface area contributed by atoms with Gasteiger partial charge in [0.2, 0.25) is 0 Å². The van der Waals surface area contributed by atoms with Crippen LogP contribution in [-0.2, 0) is 18.7 Å². The van der Waals surface area contributed by atoms with Crippen LogP contribution in [0.5, 0.6) is 0 Å². The molecule has 2 aromatic carbocycles. The molecule has 0 fully saturated rings. The van der Waals surface area contributed by atoms with Crippen molar-refractivity contribution in [3.8, 4) is 0 Å². The van der Waals surface area contributed by atoms with Crippen LogP contribution in [0.4, 0.5) is 0 Å². The molecule has 0 amide bonds. The van der Waals surface area contributed by atoms with E-state index in [-0.39, 0.29) is 11.6 Å². The Kier molecular flexibility index (Phi) is 16.4. The van der Waals surface area contributed by atoms with Gasteiger partial charge in [-0.2, -0.15) is 8.42 Å². The monoisotopic (exact) mass is 632 g/mol. The lowest BCUT2D eigenvalue weighted by Crippen LogP contribution is -2.67. The van der Waals surface area contributed by atoms with Gasteiger partial charge in [0, 0.05) is 0 Å². The number of benzene rings is 2. The summed E-state index contributed by atoms with van der Waals surface area (Å²) in [7, 11) is -6.95. The van der Waals surface area contributed by atoms with Crippen LogP contribution < -0.4 is 10.4 Å². The van der Waals surface area contributed by atoms with E-state index in [9.17, 15) is 18.6 Å². The first-order valence-electron chi connectivity index (χ1n) is 16.1. The predicted molar refractivity (Wildman–Crippen MR) is 181 cm³/mol. The second kappa shape index (κ2) is 18.9. The average molecular weight is 633 g/mol. The standard InChI is InChI=1S/C35H56O6SSi/c1-6-7-8-9-10-11-12-13-14-15-16-23-28-32(36)34(37)33(41-42(5,38)39)29-40-43(35(2,3)4,30-24-19-17-20-25-30)31-26-21-18-22-27-31/h17-28,32-34,36-37H,6-16,29H2,1-5H3/b28-23-. The lowest BCUT2D eigenvalue weighted by atomic mass is 10.0. The number of rotatable bonds is 21. The molecule has 0 aliphatic rings. The quantitative estimate of drug-likeness (QED) is 0.0707. The van der Waals surface area contributed by atoms with Crippen LogP contribution in [0.2, 0.25) is 5.04 Å². The van der Waals surface area contributed by atoms with Crippen molar-refractivity contribution in [3.63, 3.8) is 0 Å². The molecule has 0 aliphatic carbocycles. The third kappa shape index (κ3) is 12.6. The number of unbranched alkanes of at least 4 members (excludes halogenated alkanes) is 10. The Morgan fingerprint density at radius 1 is 0.791 bits per heavy atom. The average Bonchev–Trinajstić information content (AvgIpc) is 2.96. The van der Waals surface area contributed by atoms with Gasteiger partial charge in [-0.15, -0.1) is 0 Å². The minimum absolute atomic E-state index is 0.204. The van der Waals surface area contributed by atoms with Crippen LogP contribution in [0.25, 0.3) is 0 Å². The molecule has 0 heterocycles. The van der Waals surface area contributed by atoms with Crippen molar-refractivity contribution in [3.05, 3.63) is 72.8 Å². The van der Waals surface area contributed by atoms with E-state index in [0.29, 0.717) is 0 Å². The van der Waals surface area contributed by atoms with Gasteiger partial charge in [-0.3, -0.25) is 4.18 Å². The number of allylic oxidation sites excluding steroid dienone is 1. The number of aliphatic hydroxyl groups is 2. The molecule has 6 nitrogen and oxygen atoms in total. The second-order valence-corrected chi connectivity index (χ2v) is 18.6. The summed E-state index contributed by atoms with van der Waals surface area (Å²) >= 11 is 0. The molecule has 2 rings (SSSR count). The fourth-order valence-corrected chi connectivity index (χ4v) is 10.9. The molecule has 0 aliphatic heterocycles. The Morgan fingerprint density at radius 3 is 1.70 bits per heavy atom. The maximum absolute atomic E-state index is 12.2. The summed E-state index contributed by atoms with van der Waals surface area (Å²) in [6, 6.07) is 19.9. The van der Waals surface area contributed by atoms with E-state index in [1.54, 1.807) is 6.08 Å². The molecule has 242 valence electrons. The topological polar surface area (TPSA) is 93.1 Å². The van der Waals surface area contributed by atoms with Crippen LogP contribution in [0.15, 0.2) is 72.8 Å². The summed E-state index contributed by atoms with van der Waals surface area (Å²) < 4.78 is 36.6. The predicted octanol–water partition coefficient (Wildman–Crippen LogP) is 6.50. The molecule has 3 unspecified atom stereocenters. The molecule has 3 atom stereocenters. The van der Waals surface area contributed by atoms with Gasteiger partial charge < -0.3 is 14.6 Å². The molecule has 0 saturated carbocycles. The molecule has 0 saturated heterocycles. The molecule has 2 N–H and O–H groups in total. The largest absolute Gasteiger partial charge is 0.405 e. The van der Waals surface area contributed by atoms with E-state index in [1.165, 1.54) is 51.4 Å². The maximum Gasteiger partial charge on any atom is 0.264 e. The Labute approximate surface area is 262 Å². The SMILES string of the molecule is CCCCCCCCCCCC/C=C\C(O)C(O)C(CO[Si](c1ccccc1)(c1ccccc1)C(C)(C)C)OS(C)(=O)=O. The molecule has 43 heavy (non-hydrogen) atoms. The maximum atomic E-state index is 12.2. The first kappa shape index (κ1) is 37.4. The van der Waals surface area contributed by atoms with Crippen LogP contribution in [0.1, 0.15) is 98.3 Å². The molecule has 0 radical (unpaired) electrons. The van der Waals surface area contributed by atoms with Gasteiger partial charge in [-0.25, -0.2) is 0 Å². The molecular formula is C35H56O6SSi. The van der Waals surface area contributed by atoms with Crippen molar-refractivity contribution in [2.24, 2.45) is 0 Å². The van der Waals surface area contributed by atoms with Crippen molar-refractivity contribution >= 4 is 28.8 Å². The zero-order chi connectivity index (χ0) is 31.8. The Morgan fingerprint density at radius 2 is 1.26 bits per heavy atom. The van der Waals surface area contributed by atoms with E-state index in [1.807, 2.05) is 66.7 Å². The third-order valence-corrected chi connectivity index (χ3v) is 13.6. The van der Waals surface area contributed by atoms with Crippen LogP contribution >= 0.6 is 0 Å². The fraction of sp³-hybridized carbons (Fsp3) is 0.600. The summed E-state index contributed by atoms with van der Waals surface area (Å²) in [5.41, 5.74) is 0. The van der Waals surface area contributed by atoms with Crippen molar-refractivity contribution in [2.75, 3.05) is 12.9 Å². The van der Waals surface area contributed by atoms with E-state index < -0.39 is 36.7 Å². The summed E-state index contributed by atoms with van der Waals surface area (Å²) in [6.45, 7) is 8.39. The number of aliphatic hydroxyl groups excluding tert-OH is 2. The zero-order valence-corrected chi connectivity index (χ0v) is 28.9. The first-order chi connectivity index (χ1) is 20.4. The van der Waals surface area contributed by atoms with Gasteiger partial charge in [-0.1, -0.05) is 158 Å². The molecule has 0 bridgehead atoms. The minimum atomic E-state index is -3.94. The second-order valence-electron chi connectivity index (χ2n) is 12.7. The zero-order valence-electron chi connectivity index (χ0n) is 27.1. The van der Waals surface area contributed by atoms with Crippen molar-refractivity contribution in [2.45, 2.75) is 122 Å². The van der Waals surface area contributed by atoms with E-state index in [2.05, 4.69) is 27.7 Å². The Balaban J connectivity index is 2.08. The Hall–Kier alpha value is -1.81. The summed E-state index contributed by atoms with van der Waals surface area (Å²) in [5, 5.41) is 23.6.